The summed E-state index contributed by atoms with van der Waals surface area (Å²) in [7, 11) is 0. The maximum absolute atomic E-state index is 8.36. The SMILES string of the molecule is Nc1ncccc1CN1CCCC(c2ccc(Cl)cc2)C1.O=CO. The van der Waals surface area contributed by atoms with Gasteiger partial charge < -0.3 is 10.8 Å². The maximum atomic E-state index is 8.36. The highest BCUT2D eigenvalue weighted by molar-refractivity contribution is 6.30. The minimum absolute atomic E-state index is 0.250. The summed E-state index contributed by atoms with van der Waals surface area (Å²) in [6.07, 6.45) is 4.19. The molecule has 1 saturated heterocycles. The summed E-state index contributed by atoms with van der Waals surface area (Å²) < 4.78 is 0. The van der Waals surface area contributed by atoms with Crippen LogP contribution in [0.4, 0.5) is 5.82 Å². The van der Waals surface area contributed by atoms with Crippen LogP contribution in [0.2, 0.25) is 5.02 Å². The number of anilines is 1. The Morgan fingerprint density at radius 1 is 1.33 bits per heavy atom. The minimum atomic E-state index is -0.250. The van der Waals surface area contributed by atoms with E-state index in [9.17, 15) is 0 Å². The van der Waals surface area contributed by atoms with Gasteiger partial charge in [-0.25, -0.2) is 4.98 Å². The number of piperidine rings is 1. The van der Waals surface area contributed by atoms with Gasteiger partial charge in [-0.15, -0.1) is 0 Å². The van der Waals surface area contributed by atoms with Crippen LogP contribution >= 0.6 is 11.6 Å². The zero-order valence-corrected chi connectivity index (χ0v) is 14.2. The van der Waals surface area contributed by atoms with Crippen molar-refractivity contribution in [2.45, 2.75) is 25.3 Å². The van der Waals surface area contributed by atoms with E-state index in [-0.39, 0.29) is 6.47 Å². The van der Waals surface area contributed by atoms with Crippen LogP contribution in [0.5, 0.6) is 0 Å². The minimum Gasteiger partial charge on any atom is -0.483 e. The Labute approximate surface area is 147 Å². The summed E-state index contributed by atoms with van der Waals surface area (Å²) in [6, 6.07) is 12.3. The molecule has 3 N–H and O–H groups in total. The lowest BCUT2D eigenvalue weighted by Gasteiger charge is -2.33. The first-order chi connectivity index (χ1) is 11.6. The van der Waals surface area contributed by atoms with Crippen LogP contribution in [0.1, 0.15) is 29.9 Å². The van der Waals surface area contributed by atoms with Crippen molar-refractivity contribution in [1.82, 2.24) is 9.88 Å². The second-order valence-corrected chi connectivity index (χ2v) is 6.22. The first-order valence-electron chi connectivity index (χ1n) is 7.89. The van der Waals surface area contributed by atoms with Crippen LogP contribution in [-0.4, -0.2) is 34.6 Å². The number of aromatic nitrogens is 1. The molecule has 0 radical (unpaired) electrons. The smallest absolute Gasteiger partial charge is 0.290 e. The van der Waals surface area contributed by atoms with Gasteiger partial charge in [0.15, 0.2) is 0 Å². The van der Waals surface area contributed by atoms with Gasteiger partial charge in [0.2, 0.25) is 0 Å². The molecule has 1 fully saturated rings. The van der Waals surface area contributed by atoms with Crippen LogP contribution in [0.3, 0.4) is 0 Å². The average molecular weight is 348 g/mol. The van der Waals surface area contributed by atoms with Crippen LogP contribution in [0, 0.1) is 0 Å². The van der Waals surface area contributed by atoms with Gasteiger partial charge in [0, 0.05) is 29.9 Å². The number of halogens is 1. The lowest BCUT2D eigenvalue weighted by atomic mass is 9.90. The predicted octanol–water partition coefficient (Wildman–Crippen LogP) is 3.40. The van der Waals surface area contributed by atoms with E-state index in [4.69, 9.17) is 27.2 Å². The fourth-order valence-corrected chi connectivity index (χ4v) is 3.16. The van der Waals surface area contributed by atoms with E-state index < -0.39 is 0 Å². The third-order valence-corrected chi connectivity index (χ3v) is 4.42. The van der Waals surface area contributed by atoms with Gasteiger partial charge in [-0.1, -0.05) is 29.8 Å². The lowest BCUT2D eigenvalue weighted by molar-refractivity contribution is -0.122. The van der Waals surface area contributed by atoms with E-state index in [1.807, 2.05) is 18.2 Å². The first-order valence-corrected chi connectivity index (χ1v) is 8.27. The van der Waals surface area contributed by atoms with Crippen LogP contribution in [0.15, 0.2) is 42.6 Å². The molecule has 1 aliphatic rings. The van der Waals surface area contributed by atoms with Crippen molar-refractivity contribution in [3.05, 3.63) is 58.7 Å². The van der Waals surface area contributed by atoms with Gasteiger partial charge in [-0.05, 0) is 49.1 Å². The number of rotatable bonds is 3. The van der Waals surface area contributed by atoms with Crippen molar-refractivity contribution in [2.24, 2.45) is 0 Å². The number of hydrogen-bond acceptors (Lipinski definition) is 4. The predicted molar refractivity (Wildman–Crippen MR) is 96.0 cm³/mol. The second-order valence-electron chi connectivity index (χ2n) is 5.78. The van der Waals surface area contributed by atoms with Gasteiger partial charge in [-0.2, -0.15) is 0 Å². The number of pyridine rings is 1. The van der Waals surface area contributed by atoms with E-state index in [1.54, 1.807) is 6.20 Å². The highest BCUT2D eigenvalue weighted by Gasteiger charge is 2.21. The summed E-state index contributed by atoms with van der Waals surface area (Å²) in [5.41, 5.74) is 8.45. The number of nitrogen functional groups attached to an aromatic ring is 1. The number of carbonyl (C=O) groups is 1. The second kappa shape index (κ2) is 9.25. The molecule has 1 aliphatic heterocycles. The van der Waals surface area contributed by atoms with Crippen LogP contribution in [0.25, 0.3) is 0 Å². The van der Waals surface area contributed by atoms with Crippen molar-refractivity contribution in [3.63, 3.8) is 0 Å². The van der Waals surface area contributed by atoms with E-state index in [2.05, 4.69) is 28.1 Å². The van der Waals surface area contributed by atoms with Gasteiger partial charge in [0.1, 0.15) is 5.82 Å². The van der Waals surface area contributed by atoms with E-state index >= 15 is 0 Å². The molecule has 24 heavy (non-hydrogen) atoms. The average Bonchev–Trinajstić information content (AvgIpc) is 2.59. The van der Waals surface area contributed by atoms with E-state index in [0.717, 1.165) is 30.2 Å². The number of nitrogens with two attached hydrogens (primary N) is 1. The van der Waals surface area contributed by atoms with Gasteiger partial charge >= 0.3 is 0 Å². The molecular weight excluding hydrogens is 326 g/mol. The lowest BCUT2D eigenvalue weighted by Crippen LogP contribution is -2.34. The number of carboxylic acid groups (broad SMARTS) is 1. The van der Waals surface area contributed by atoms with E-state index in [0.29, 0.717) is 11.7 Å². The van der Waals surface area contributed by atoms with Gasteiger partial charge in [0.05, 0.1) is 0 Å². The van der Waals surface area contributed by atoms with Crippen molar-refractivity contribution >= 4 is 23.9 Å². The summed E-state index contributed by atoms with van der Waals surface area (Å²) in [5.74, 6) is 1.22. The fraction of sp³-hybridized carbons (Fsp3) is 0.333. The molecule has 2 aromatic rings. The molecule has 0 bridgehead atoms. The Morgan fingerprint density at radius 3 is 2.71 bits per heavy atom. The Balaban J connectivity index is 0.000000647. The number of likely N-dealkylation sites (tertiary alicyclic amines) is 1. The Morgan fingerprint density at radius 2 is 2.04 bits per heavy atom. The molecule has 128 valence electrons. The highest BCUT2D eigenvalue weighted by atomic mass is 35.5. The standard InChI is InChI=1S/C17H20ClN3.CH2O2/c18-16-7-5-13(6-8-16)14-4-2-10-21(11-14)12-15-3-1-9-20-17(15)19;2-1-3/h1,3,5-9,14H,2,4,10-12H2,(H2,19,20);1H,(H,2,3). The molecule has 1 aromatic heterocycles. The quantitative estimate of drug-likeness (QED) is 0.832. The van der Waals surface area contributed by atoms with Crippen molar-refractivity contribution in [1.29, 1.82) is 0 Å². The molecular formula is C18H22ClN3O2. The summed E-state index contributed by atoms with van der Waals surface area (Å²) >= 11 is 5.97. The summed E-state index contributed by atoms with van der Waals surface area (Å²) in [6.45, 7) is 2.82. The molecule has 1 unspecified atom stereocenters. The Bertz CT molecular complexity index is 649. The van der Waals surface area contributed by atoms with E-state index in [1.165, 1.54) is 18.4 Å². The normalized spacial score (nSPS) is 17.6. The van der Waals surface area contributed by atoms with Gasteiger partial charge in [-0.3, -0.25) is 9.69 Å². The Hall–Kier alpha value is -2.11. The fourth-order valence-electron chi connectivity index (χ4n) is 3.03. The first kappa shape index (κ1) is 18.2. The number of nitrogens with zero attached hydrogens (tertiary/aromatic N) is 2. The molecule has 0 saturated carbocycles. The maximum Gasteiger partial charge on any atom is 0.290 e. The molecule has 1 aromatic carbocycles. The third kappa shape index (κ3) is 5.22. The summed E-state index contributed by atoms with van der Waals surface area (Å²) in [4.78, 5) is 15.0. The highest BCUT2D eigenvalue weighted by Crippen LogP contribution is 2.28. The molecule has 5 nitrogen and oxygen atoms in total. The molecule has 2 heterocycles. The van der Waals surface area contributed by atoms with Crippen molar-refractivity contribution in [2.75, 3.05) is 18.8 Å². The molecule has 0 spiro atoms. The molecule has 3 rings (SSSR count). The molecule has 0 aliphatic carbocycles. The van der Waals surface area contributed by atoms with Crippen molar-refractivity contribution < 1.29 is 9.90 Å². The monoisotopic (exact) mass is 347 g/mol. The van der Waals surface area contributed by atoms with Crippen LogP contribution in [-0.2, 0) is 11.3 Å². The zero-order valence-electron chi connectivity index (χ0n) is 13.4. The third-order valence-electron chi connectivity index (χ3n) is 4.17. The number of benzene rings is 1. The van der Waals surface area contributed by atoms with Crippen LogP contribution < -0.4 is 5.73 Å². The molecule has 1 atom stereocenters. The Kier molecular flexibility index (Phi) is 7.03. The van der Waals surface area contributed by atoms with Gasteiger partial charge in [0.25, 0.3) is 6.47 Å². The molecule has 6 heteroatoms. The molecule has 0 amide bonds. The van der Waals surface area contributed by atoms with Crippen molar-refractivity contribution in [3.8, 4) is 0 Å². The topological polar surface area (TPSA) is 79.5 Å². The number of hydrogen-bond donors (Lipinski definition) is 2. The summed E-state index contributed by atoms with van der Waals surface area (Å²) in [5, 5.41) is 7.69. The zero-order chi connectivity index (χ0) is 17.4. The largest absolute Gasteiger partial charge is 0.483 e.